The van der Waals surface area contributed by atoms with E-state index >= 15 is 0 Å². The molecular formula is C22H33FN3O4+. The summed E-state index contributed by atoms with van der Waals surface area (Å²) >= 11 is 0. The van der Waals surface area contributed by atoms with E-state index in [0.717, 1.165) is 24.3 Å². The fourth-order valence-corrected chi connectivity index (χ4v) is 3.66. The van der Waals surface area contributed by atoms with Gasteiger partial charge in [0.1, 0.15) is 18.3 Å². The Morgan fingerprint density at radius 1 is 1.23 bits per heavy atom. The molecule has 1 saturated heterocycles. The molecule has 1 aromatic rings. The average molecular weight is 423 g/mol. The van der Waals surface area contributed by atoms with Crippen molar-refractivity contribution in [3.05, 3.63) is 30.1 Å². The van der Waals surface area contributed by atoms with Gasteiger partial charge in [0.25, 0.3) is 5.91 Å². The van der Waals surface area contributed by atoms with Gasteiger partial charge in [-0.3, -0.25) is 14.4 Å². The summed E-state index contributed by atoms with van der Waals surface area (Å²) in [4.78, 5) is 40.2. The van der Waals surface area contributed by atoms with Crippen molar-refractivity contribution in [1.82, 2.24) is 4.90 Å². The zero-order chi connectivity index (χ0) is 22.3. The number of amides is 2. The lowest BCUT2D eigenvalue weighted by Crippen LogP contribution is -3.15. The van der Waals surface area contributed by atoms with Gasteiger partial charge in [-0.1, -0.05) is 0 Å². The molecule has 2 N–H and O–H groups in total. The van der Waals surface area contributed by atoms with Gasteiger partial charge in [-0.05, 0) is 64.8 Å². The number of esters is 1. The molecular weight excluding hydrogens is 389 g/mol. The smallest absolute Gasteiger partial charge is 0.314 e. The van der Waals surface area contributed by atoms with E-state index in [1.54, 1.807) is 11.8 Å². The van der Waals surface area contributed by atoms with Crippen molar-refractivity contribution in [2.75, 3.05) is 38.1 Å². The van der Waals surface area contributed by atoms with Crippen LogP contribution in [0.4, 0.5) is 10.1 Å². The summed E-state index contributed by atoms with van der Waals surface area (Å²) in [6.07, 6.45) is 1.63. The van der Waals surface area contributed by atoms with Crippen molar-refractivity contribution >= 4 is 23.5 Å². The zero-order valence-electron chi connectivity index (χ0n) is 18.3. The van der Waals surface area contributed by atoms with Gasteiger partial charge in [0.15, 0.2) is 6.54 Å². The molecule has 1 heterocycles. The highest BCUT2D eigenvalue weighted by molar-refractivity contribution is 5.94. The van der Waals surface area contributed by atoms with E-state index in [9.17, 15) is 18.8 Å². The van der Waals surface area contributed by atoms with E-state index in [4.69, 9.17) is 4.74 Å². The predicted molar refractivity (Wildman–Crippen MR) is 111 cm³/mol. The van der Waals surface area contributed by atoms with E-state index in [-0.39, 0.29) is 42.6 Å². The number of quaternary nitrogens is 1. The summed E-state index contributed by atoms with van der Waals surface area (Å²) in [5.41, 5.74) is -0.0749. The molecule has 0 spiro atoms. The first kappa shape index (κ1) is 23.8. The lowest BCUT2D eigenvalue weighted by Gasteiger charge is -2.36. The molecule has 7 nitrogen and oxygen atoms in total. The third kappa shape index (κ3) is 7.09. The summed E-state index contributed by atoms with van der Waals surface area (Å²) in [6.45, 7) is 9.25. The Labute approximate surface area is 177 Å². The van der Waals surface area contributed by atoms with Crippen LogP contribution in [-0.2, 0) is 19.1 Å². The van der Waals surface area contributed by atoms with Gasteiger partial charge in [0, 0.05) is 11.2 Å². The summed E-state index contributed by atoms with van der Waals surface area (Å²) in [6, 6.07) is 5.48. The van der Waals surface area contributed by atoms with Gasteiger partial charge in [0.05, 0.1) is 19.7 Å². The maximum absolute atomic E-state index is 13.1. The van der Waals surface area contributed by atoms with Crippen LogP contribution >= 0.6 is 0 Å². The molecule has 2 amide bonds. The van der Waals surface area contributed by atoms with Gasteiger partial charge in [-0.2, -0.15) is 0 Å². The monoisotopic (exact) mass is 422 g/mol. The number of carbonyl (C=O) groups is 3. The van der Waals surface area contributed by atoms with Crippen LogP contribution < -0.4 is 10.2 Å². The molecule has 30 heavy (non-hydrogen) atoms. The van der Waals surface area contributed by atoms with Gasteiger partial charge >= 0.3 is 5.97 Å². The van der Waals surface area contributed by atoms with Gasteiger partial charge in [0.2, 0.25) is 5.91 Å². The molecule has 1 fully saturated rings. The number of nitrogens with zero attached hydrogens (tertiary/aromatic N) is 1. The second kappa shape index (κ2) is 10.5. The van der Waals surface area contributed by atoms with E-state index in [0.29, 0.717) is 18.8 Å². The highest BCUT2D eigenvalue weighted by Gasteiger charge is 2.34. The van der Waals surface area contributed by atoms with Crippen molar-refractivity contribution in [2.24, 2.45) is 5.92 Å². The standard InChI is InChI=1S/C22H32FN3O4/c1-5-30-21(29)16-7-6-12-25(13-16)15-20(28)26(22(2,3)4)14-19(27)24-18-10-8-17(23)9-11-18/h8-11,16H,5-7,12-15H2,1-4H3,(H,24,27)/p+1/t16-/m0/s1. The number of hydrogen-bond acceptors (Lipinski definition) is 4. The zero-order valence-corrected chi connectivity index (χ0v) is 18.3. The number of anilines is 1. The van der Waals surface area contributed by atoms with E-state index < -0.39 is 5.54 Å². The molecule has 8 heteroatoms. The van der Waals surface area contributed by atoms with Crippen molar-refractivity contribution in [3.8, 4) is 0 Å². The SMILES string of the molecule is CCOC(=O)[C@H]1CCC[NH+](CC(=O)N(CC(=O)Nc2ccc(F)cc2)C(C)(C)C)C1. The summed E-state index contributed by atoms with van der Waals surface area (Å²) < 4.78 is 18.2. The minimum absolute atomic E-state index is 0.103. The van der Waals surface area contributed by atoms with Gasteiger partial charge in [-0.15, -0.1) is 0 Å². The number of carbonyl (C=O) groups excluding carboxylic acids is 3. The third-order valence-corrected chi connectivity index (χ3v) is 5.18. The van der Waals surface area contributed by atoms with Crippen molar-refractivity contribution in [2.45, 2.75) is 46.1 Å². The van der Waals surface area contributed by atoms with Gasteiger partial charge < -0.3 is 19.9 Å². The first-order chi connectivity index (χ1) is 14.1. The fourth-order valence-electron chi connectivity index (χ4n) is 3.66. The molecule has 0 aromatic heterocycles. The minimum Gasteiger partial charge on any atom is -0.466 e. The molecule has 166 valence electrons. The van der Waals surface area contributed by atoms with Crippen molar-refractivity contribution in [3.63, 3.8) is 0 Å². The quantitative estimate of drug-likeness (QED) is 0.648. The summed E-state index contributed by atoms with van der Waals surface area (Å²) in [7, 11) is 0. The first-order valence-electron chi connectivity index (χ1n) is 10.5. The number of ether oxygens (including phenoxy) is 1. The second-order valence-electron chi connectivity index (χ2n) is 8.68. The highest BCUT2D eigenvalue weighted by Crippen LogP contribution is 2.15. The normalized spacial score (nSPS) is 19.1. The molecule has 0 bridgehead atoms. The molecule has 0 radical (unpaired) electrons. The predicted octanol–water partition coefficient (Wildman–Crippen LogP) is 1.25. The van der Waals surface area contributed by atoms with Crippen LogP contribution in [-0.4, -0.2) is 61.0 Å². The number of benzene rings is 1. The maximum atomic E-state index is 13.1. The second-order valence-corrected chi connectivity index (χ2v) is 8.68. The van der Waals surface area contributed by atoms with Crippen LogP contribution in [0, 0.1) is 11.7 Å². The third-order valence-electron chi connectivity index (χ3n) is 5.18. The molecule has 1 aromatic carbocycles. The number of likely N-dealkylation sites (tertiary alicyclic amines) is 1. The Hall–Kier alpha value is -2.48. The van der Waals surface area contributed by atoms with E-state index in [1.807, 2.05) is 20.8 Å². The Bertz CT molecular complexity index is 746. The van der Waals surface area contributed by atoms with Crippen molar-refractivity contribution < 1.29 is 28.4 Å². The molecule has 0 aliphatic carbocycles. The van der Waals surface area contributed by atoms with Crippen molar-refractivity contribution in [1.29, 1.82) is 0 Å². The first-order valence-corrected chi connectivity index (χ1v) is 10.5. The summed E-state index contributed by atoms with van der Waals surface area (Å²) in [5.74, 6) is -1.26. The van der Waals surface area contributed by atoms with Crippen LogP contribution in [0.2, 0.25) is 0 Å². The highest BCUT2D eigenvalue weighted by atomic mass is 19.1. The average Bonchev–Trinajstić information content (AvgIpc) is 2.67. The lowest BCUT2D eigenvalue weighted by molar-refractivity contribution is -0.899. The molecule has 1 aliphatic rings. The largest absolute Gasteiger partial charge is 0.466 e. The Balaban J connectivity index is 1.98. The number of nitrogens with one attached hydrogen (secondary N) is 2. The molecule has 1 aliphatic heterocycles. The van der Waals surface area contributed by atoms with Crippen LogP contribution in [0.25, 0.3) is 0 Å². The number of rotatable bonds is 7. The molecule has 0 saturated carbocycles. The molecule has 2 rings (SSSR count). The molecule has 2 atom stereocenters. The van der Waals surface area contributed by atoms with Gasteiger partial charge in [-0.25, -0.2) is 4.39 Å². The Kier molecular flexibility index (Phi) is 8.34. The minimum atomic E-state index is -0.549. The van der Waals surface area contributed by atoms with E-state index in [2.05, 4.69) is 5.32 Å². The van der Waals surface area contributed by atoms with E-state index in [1.165, 1.54) is 24.3 Å². The number of halogens is 1. The number of hydrogen-bond donors (Lipinski definition) is 2. The van der Waals surface area contributed by atoms with Crippen LogP contribution in [0.5, 0.6) is 0 Å². The lowest BCUT2D eigenvalue weighted by atomic mass is 9.98. The van der Waals surface area contributed by atoms with Crippen LogP contribution in [0.1, 0.15) is 40.5 Å². The topological polar surface area (TPSA) is 80.2 Å². The summed E-state index contributed by atoms with van der Waals surface area (Å²) in [5, 5.41) is 2.70. The maximum Gasteiger partial charge on any atom is 0.314 e. The molecule has 1 unspecified atom stereocenters. The Morgan fingerprint density at radius 2 is 1.90 bits per heavy atom. The number of piperidine rings is 1. The van der Waals surface area contributed by atoms with Crippen LogP contribution in [0.15, 0.2) is 24.3 Å². The van der Waals surface area contributed by atoms with Crippen LogP contribution in [0.3, 0.4) is 0 Å². The Morgan fingerprint density at radius 3 is 2.50 bits per heavy atom. The fraction of sp³-hybridized carbons (Fsp3) is 0.591.